The molecule has 25 heavy (non-hydrogen) atoms. The second-order valence-corrected chi connectivity index (χ2v) is 7.62. The summed E-state index contributed by atoms with van der Waals surface area (Å²) in [5.41, 5.74) is -0.0497. The zero-order chi connectivity index (χ0) is 17.7. The number of amides is 1. The molecule has 1 aromatic heterocycles. The summed E-state index contributed by atoms with van der Waals surface area (Å²) in [7, 11) is 0. The number of hydrogen-bond acceptors (Lipinski definition) is 5. The number of thioether (sulfide) groups is 1. The first-order valence-corrected chi connectivity index (χ1v) is 8.97. The van der Waals surface area contributed by atoms with Crippen LogP contribution in [0.15, 0.2) is 47.6 Å². The van der Waals surface area contributed by atoms with E-state index in [9.17, 15) is 9.59 Å². The molecule has 1 aromatic carbocycles. The number of benzene rings is 1. The third kappa shape index (κ3) is 4.36. The van der Waals surface area contributed by atoms with E-state index in [0.29, 0.717) is 6.54 Å². The number of rotatable bonds is 6. The Morgan fingerprint density at radius 1 is 1.08 bits per heavy atom. The first kappa shape index (κ1) is 17.4. The van der Waals surface area contributed by atoms with Gasteiger partial charge in [0.25, 0.3) is 5.91 Å². The largest absolute Gasteiger partial charge is 0.476 e. The molecule has 130 valence electrons. The van der Waals surface area contributed by atoms with Crippen molar-refractivity contribution in [2.24, 2.45) is 0 Å². The van der Waals surface area contributed by atoms with Crippen LogP contribution in [0.1, 0.15) is 46.7 Å². The molecule has 1 heterocycles. The van der Waals surface area contributed by atoms with Crippen molar-refractivity contribution in [1.29, 1.82) is 0 Å². The fourth-order valence-corrected chi connectivity index (χ4v) is 4.39. The van der Waals surface area contributed by atoms with Gasteiger partial charge in [0, 0.05) is 16.2 Å². The van der Waals surface area contributed by atoms with Crippen molar-refractivity contribution in [2.75, 3.05) is 6.54 Å². The summed E-state index contributed by atoms with van der Waals surface area (Å²) in [6, 6.07) is 10.2. The highest BCUT2D eigenvalue weighted by molar-refractivity contribution is 8.00. The minimum atomic E-state index is -1.16. The predicted molar refractivity (Wildman–Crippen MR) is 94.8 cm³/mol. The van der Waals surface area contributed by atoms with Crippen LogP contribution >= 0.6 is 11.8 Å². The van der Waals surface area contributed by atoms with Crippen LogP contribution in [0.5, 0.6) is 0 Å². The number of aromatic nitrogens is 2. The van der Waals surface area contributed by atoms with Crippen molar-refractivity contribution in [3.8, 4) is 0 Å². The lowest BCUT2D eigenvalue weighted by Crippen LogP contribution is -2.39. The number of carboxylic acids is 1. The van der Waals surface area contributed by atoms with Gasteiger partial charge in [0.05, 0.1) is 12.4 Å². The van der Waals surface area contributed by atoms with Crippen molar-refractivity contribution < 1.29 is 14.7 Å². The third-order valence-electron chi connectivity index (χ3n) is 4.27. The summed E-state index contributed by atoms with van der Waals surface area (Å²) in [4.78, 5) is 31.9. The van der Waals surface area contributed by atoms with Crippen molar-refractivity contribution >= 4 is 23.6 Å². The van der Waals surface area contributed by atoms with E-state index in [2.05, 4.69) is 27.4 Å². The van der Waals surface area contributed by atoms with Crippen LogP contribution in [-0.4, -0.2) is 38.2 Å². The molecule has 0 unspecified atom stereocenters. The quantitative estimate of drug-likeness (QED) is 0.826. The SMILES string of the molecule is O=C(O)c1cnc(C(=O)NCC2(Sc3ccccc3)CCCC2)cn1. The van der Waals surface area contributed by atoms with Crippen LogP contribution in [0.4, 0.5) is 0 Å². The summed E-state index contributed by atoms with van der Waals surface area (Å²) in [5, 5.41) is 11.8. The zero-order valence-electron chi connectivity index (χ0n) is 13.6. The molecule has 0 aliphatic heterocycles. The van der Waals surface area contributed by atoms with E-state index in [4.69, 9.17) is 5.11 Å². The summed E-state index contributed by atoms with van der Waals surface area (Å²) >= 11 is 1.81. The zero-order valence-corrected chi connectivity index (χ0v) is 14.5. The van der Waals surface area contributed by atoms with Crippen LogP contribution in [0, 0.1) is 0 Å². The summed E-state index contributed by atoms with van der Waals surface area (Å²) in [6.45, 7) is 0.549. The van der Waals surface area contributed by atoms with Gasteiger partial charge in [-0.15, -0.1) is 11.8 Å². The number of carboxylic acid groups (broad SMARTS) is 1. The second kappa shape index (κ2) is 7.65. The molecule has 0 bridgehead atoms. The highest BCUT2D eigenvalue weighted by Gasteiger charge is 2.35. The maximum Gasteiger partial charge on any atom is 0.356 e. The fraction of sp³-hybridized carbons (Fsp3) is 0.333. The van der Waals surface area contributed by atoms with Crippen LogP contribution in [0.3, 0.4) is 0 Å². The van der Waals surface area contributed by atoms with E-state index in [1.165, 1.54) is 11.1 Å². The molecule has 6 nitrogen and oxygen atoms in total. The molecule has 0 spiro atoms. The van der Waals surface area contributed by atoms with Gasteiger partial charge in [0.15, 0.2) is 5.69 Å². The molecule has 1 aliphatic carbocycles. The highest BCUT2D eigenvalue weighted by atomic mass is 32.2. The Morgan fingerprint density at radius 2 is 1.72 bits per heavy atom. The Kier molecular flexibility index (Phi) is 5.33. The minimum Gasteiger partial charge on any atom is -0.476 e. The van der Waals surface area contributed by atoms with Crippen molar-refractivity contribution in [3.05, 3.63) is 54.1 Å². The van der Waals surface area contributed by atoms with Gasteiger partial charge in [0.2, 0.25) is 0 Å². The Balaban J connectivity index is 1.65. The lowest BCUT2D eigenvalue weighted by atomic mass is 10.1. The molecule has 7 heteroatoms. The molecule has 1 saturated carbocycles. The van der Waals surface area contributed by atoms with Gasteiger partial charge in [-0.3, -0.25) is 4.79 Å². The molecule has 0 atom stereocenters. The molecule has 3 rings (SSSR count). The molecule has 0 radical (unpaired) electrons. The van der Waals surface area contributed by atoms with Crippen LogP contribution in [-0.2, 0) is 0 Å². The molecule has 0 saturated heterocycles. The maximum absolute atomic E-state index is 12.3. The molecule has 2 aromatic rings. The van der Waals surface area contributed by atoms with Crippen LogP contribution in [0.2, 0.25) is 0 Å². The number of hydrogen-bond donors (Lipinski definition) is 2. The summed E-state index contributed by atoms with van der Waals surface area (Å²) in [6.07, 6.45) is 6.71. The molecule has 1 aliphatic rings. The van der Waals surface area contributed by atoms with Crippen molar-refractivity contribution in [3.63, 3.8) is 0 Å². The molecule has 2 N–H and O–H groups in total. The number of carbonyl (C=O) groups is 2. The maximum atomic E-state index is 12.3. The lowest BCUT2D eigenvalue weighted by molar-refractivity contribution is 0.0689. The van der Waals surface area contributed by atoms with Gasteiger partial charge in [-0.2, -0.15) is 0 Å². The smallest absolute Gasteiger partial charge is 0.356 e. The number of aromatic carboxylic acids is 1. The van der Waals surface area contributed by atoms with Gasteiger partial charge in [-0.25, -0.2) is 14.8 Å². The number of nitrogens with one attached hydrogen (secondary N) is 1. The average molecular weight is 357 g/mol. The van der Waals surface area contributed by atoms with Gasteiger partial charge in [0.1, 0.15) is 5.69 Å². The Morgan fingerprint density at radius 3 is 2.32 bits per heavy atom. The molecular formula is C18H19N3O3S. The van der Waals surface area contributed by atoms with E-state index >= 15 is 0 Å². The Labute approximate surface area is 150 Å². The number of carbonyl (C=O) groups excluding carboxylic acids is 1. The standard InChI is InChI=1S/C18H19N3O3S/c22-16(14-10-20-15(11-19-14)17(23)24)21-12-18(8-4-5-9-18)25-13-6-2-1-3-7-13/h1-3,6-7,10-11H,4-5,8-9,12H2,(H,21,22)(H,23,24). The fourth-order valence-electron chi connectivity index (χ4n) is 2.96. The molecule has 1 fully saturated rings. The Bertz CT molecular complexity index is 744. The Hall–Kier alpha value is -2.41. The van der Waals surface area contributed by atoms with Crippen LogP contribution < -0.4 is 5.32 Å². The average Bonchev–Trinajstić information content (AvgIpc) is 3.09. The van der Waals surface area contributed by atoms with Crippen LogP contribution in [0.25, 0.3) is 0 Å². The topological polar surface area (TPSA) is 92.2 Å². The molecular weight excluding hydrogens is 338 g/mol. The normalized spacial score (nSPS) is 15.7. The van der Waals surface area contributed by atoms with Gasteiger partial charge >= 0.3 is 5.97 Å². The number of nitrogens with zero attached hydrogens (tertiary/aromatic N) is 2. The predicted octanol–water partition coefficient (Wildman–Crippen LogP) is 3.01. The first-order chi connectivity index (χ1) is 12.1. The highest BCUT2D eigenvalue weighted by Crippen LogP contribution is 2.44. The van der Waals surface area contributed by atoms with Gasteiger partial charge in [-0.05, 0) is 25.0 Å². The summed E-state index contributed by atoms with van der Waals surface area (Å²) < 4.78 is -0.00849. The van der Waals surface area contributed by atoms with Crippen molar-refractivity contribution in [1.82, 2.24) is 15.3 Å². The monoisotopic (exact) mass is 357 g/mol. The summed E-state index contributed by atoms with van der Waals surface area (Å²) in [5.74, 6) is -1.49. The minimum absolute atomic E-state index is 0.00849. The lowest BCUT2D eigenvalue weighted by Gasteiger charge is -2.28. The van der Waals surface area contributed by atoms with Gasteiger partial charge < -0.3 is 10.4 Å². The van der Waals surface area contributed by atoms with E-state index < -0.39 is 5.97 Å². The van der Waals surface area contributed by atoms with E-state index in [1.54, 1.807) is 0 Å². The van der Waals surface area contributed by atoms with E-state index in [1.807, 2.05) is 30.0 Å². The first-order valence-electron chi connectivity index (χ1n) is 8.16. The van der Waals surface area contributed by atoms with E-state index in [0.717, 1.165) is 31.9 Å². The molecule has 1 amide bonds. The third-order valence-corrected chi connectivity index (χ3v) is 5.76. The van der Waals surface area contributed by atoms with Crippen molar-refractivity contribution in [2.45, 2.75) is 35.3 Å². The van der Waals surface area contributed by atoms with Gasteiger partial charge in [-0.1, -0.05) is 31.0 Å². The van der Waals surface area contributed by atoms with E-state index in [-0.39, 0.29) is 22.0 Å². The second-order valence-electron chi connectivity index (χ2n) is 6.08.